The van der Waals surface area contributed by atoms with Gasteiger partial charge in [0.25, 0.3) is 8.32 Å². The number of benzene rings is 3. The first-order chi connectivity index (χ1) is 14.8. The van der Waals surface area contributed by atoms with Crippen LogP contribution in [0.4, 0.5) is 0 Å². The molecule has 0 saturated heterocycles. The normalized spacial score (nSPS) is 13.8. The van der Waals surface area contributed by atoms with E-state index in [2.05, 4.69) is 119 Å². The van der Waals surface area contributed by atoms with Gasteiger partial charge >= 0.3 is 0 Å². The fourth-order valence-corrected chi connectivity index (χ4v) is 8.94. The van der Waals surface area contributed by atoms with Crippen LogP contribution in [0, 0.1) is 0 Å². The lowest BCUT2D eigenvalue weighted by molar-refractivity contribution is 0.329. The van der Waals surface area contributed by atoms with Crippen LogP contribution in [0.1, 0.15) is 33.3 Å². The summed E-state index contributed by atoms with van der Waals surface area (Å²) in [7, 11) is -2.52. The zero-order chi connectivity index (χ0) is 22.3. The van der Waals surface area contributed by atoms with Crippen molar-refractivity contribution in [2.24, 2.45) is 5.73 Å². The second-order valence-electron chi connectivity index (χ2n) is 9.32. The summed E-state index contributed by atoms with van der Waals surface area (Å²) in [6, 6.07) is 31.9. The average molecular weight is 430 g/mol. The Morgan fingerprint density at radius 3 is 1.74 bits per heavy atom. The van der Waals surface area contributed by atoms with Crippen LogP contribution in [0.3, 0.4) is 0 Å². The minimum atomic E-state index is -2.52. The lowest BCUT2D eigenvalue weighted by Crippen LogP contribution is -2.66. The topological polar surface area (TPSA) is 35.2 Å². The summed E-state index contributed by atoms with van der Waals surface area (Å²) in [5, 5.41) is 2.58. The maximum atomic E-state index is 6.99. The Labute approximate surface area is 188 Å². The summed E-state index contributed by atoms with van der Waals surface area (Å²) < 4.78 is 6.99. The quantitative estimate of drug-likeness (QED) is 0.400. The molecule has 0 aliphatic carbocycles. The van der Waals surface area contributed by atoms with E-state index < -0.39 is 8.32 Å². The fraction of sp³-hybridized carbons (Fsp3) is 0.286. The highest BCUT2D eigenvalue weighted by Gasteiger charge is 2.50. The van der Waals surface area contributed by atoms with Crippen molar-refractivity contribution in [1.29, 1.82) is 0 Å². The summed E-state index contributed by atoms with van der Waals surface area (Å²) >= 11 is 0. The maximum absolute atomic E-state index is 6.99. The van der Waals surface area contributed by atoms with Gasteiger partial charge < -0.3 is 10.2 Å². The first-order valence-electron chi connectivity index (χ1n) is 11.0. The van der Waals surface area contributed by atoms with Crippen LogP contribution < -0.4 is 16.1 Å². The minimum Gasteiger partial charge on any atom is -0.403 e. The van der Waals surface area contributed by atoms with E-state index in [0.29, 0.717) is 6.61 Å². The Balaban J connectivity index is 1.89. The molecule has 0 aliphatic rings. The van der Waals surface area contributed by atoms with E-state index in [0.717, 1.165) is 6.42 Å². The molecule has 0 amide bonds. The predicted molar refractivity (Wildman–Crippen MR) is 135 cm³/mol. The Morgan fingerprint density at radius 2 is 1.29 bits per heavy atom. The summed E-state index contributed by atoms with van der Waals surface area (Å²) in [4.78, 5) is 0. The predicted octanol–water partition coefficient (Wildman–Crippen LogP) is 5.08. The highest BCUT2D eigenvalue weighted by molar-refractivity contribution is 6.99. The molecule has 0 aliphatic heterocycles. The molecule has 1 atom stereocenters. The summed E-state index contributed by atoms with van der Waals surface area (Å²) in [5.74, 6) is 0. The molecule has 3 aromatic rings. The Kier molecular flexibility index (Phi) is 7.66. The van der Waals surface area contributed by atoms with Crippen molar-refractivity contribution in [1.82, 2.24) is 0 Å². The van der Waals surface area contributed by atoms with Crippen LogP contribution in [0.5, 0.6) is 0 Å². The van der Waals surface area contributed by atoms with Crippen molar-refractivity contribution in [3.05, 3.63) is 108 Å². The molecule has 0 saturated carbocycles. The summed E-state index contributed by atoms with van der Waals surface area (Å²) in [5.41, 5.74) is 8.87. The van der Waals surface area contributed by atoms with Gasteiger partial charge in [0.1, 0.15) is 0 Å². The smallest absolute Gasteiger partial charge is 0.261 e. The van der Waals surface area contributed by atoms with Gasteiger partial charge in [0, 0.05) is 6.04 Å². The lowest BCUT2D eigenvalue weighted by atomic mass is 10.0. The largest absolute Gasteiger partial charge is 0.403 e. The van der Waals surface area contributed by atoms with E-state index in [4.69, 9.17) is 10.2 Å². The lowest BCUT2D eigenvalue weighted by Gasteiger charge is -2.43. The Bertz CT molecular complexity index is 923. The van der Waals surface area contributed by atoms with E-state index in [-0.39, 0.29) is 11.1 Å². The molecule has 162 valence electrons. The third kappa shape index (κ3) is 5.62. The van der Waals surface area contributed by atoms with Crippen LogP contribution in [-0.2, 0) is 10.8 Å². The summed E-state index contributed by atoms with van der Waals surface area (Å²) in [6.07, 6.45) is 2.99. The molecule has 0 aromatic heterocycles. The second-order valence-corrected chi connectivity index (χ2v) is 13.6. The fourth-order valence-electron chi connectivity index (χ4n) is 4.34. The highest BCUT2D eigenvalue weighted by atomic mass is 28.4. The molecule has 3 rings (SSSR count). The zero-order valence-electron chi connectivity index (χ0n) is 19.2. The third-order valence-corrected chi connectivity index (χ3v) is 10.7. The van der Waals surface area contributed by atoms with Gasteiger partial charge in [-0.2, -0.15) is 0 Å². The van der Waals surface area contributed by atoms with Gasteiger partial charge in [-0.25, -0.2) is 0 Å². The molecular formula is C28H35NOSi. The minimum absolute atomic E-state index is 0.0230. The van der Waals surface area contributed by atoms with Crippen LogP contribution >= 0.6 is 0 Å². The zero-order valence-corrected chi connectivity index (χ0v) is 20.2. The summed E-state index contributed by atoms with van der Waals surface area (Å²) in [6.45, 7) is 9.62. The van der Waals surface area contributed by atoms with Crippen molar-refractivity contribution in [3.8, 4) is 0 Å². The number of hydrogen-bond acceptors (Lipinski definition) is 2. The van der Waals surface area contributed by atoms with Gasteiger partial charge in [-0.15, -0.1) is 0 Å². The molecule has 2 nitrogen and oxygen atoms in total. The van der Waals surface area contributed by atoms with Crippen LogP contribution in [0.15, 0.2) is 103 Å². The third-order valence-electron chi connectivity index (χ3n) is 5.75. The molecule has 31 heavy (non-hydrogen) atoms. The first kappa shape index (κ1) is 23.2. The van der Waals surface area contributed by atoms with E-state index in [9.17, 15) is 0 Å². The van der Waals surface area contributed by atoms with Crippen LogP contribution in [0.2, 0.25) is 5.04 Å². The van der Waals surface area contributed by atoms with E-state index in [1.165, 1.54) is 21.5 Å². The molecule has 0 fully saturated rings. The number of nitrogens with two attached hydrogens (primary N) is 1. The van der Waals surface area contributed by atoms with Gasteiger partial charge in [-0.3, -0.25) is 0 Å². The monoisotopic (exact) mass is 429 g/mol. The van der Waals surface area contributed by atoms with Gasteiger partial charge in [0.05, 0.1) is 6.61 Å². The van der Waals surface area contributed by atoms with Crippen molar-refractivity contribution >= 4 is 18.7 Å². The van der Waals surface area contributed by atoms with Gasteiger partial charge in [-0.05, 0) is 34.3 Å². The van der Waals surface area contributed by atoms with Gasteiger partial charge in [-0.1, -0.05) is 123 Å². The number of rotatable bonds is 8. The molecule has 3 aromatic carbocycles. The Morgan fingerprint density at radius 1 is 0.839 bits per heavy atom. The van der Waals surface area contributed by atoms with Crippen LogP contribution in [-0.4, -0.2) is 21.0 Å². The molecule has 2 N–H and O–H groups in total. The van der Waals surface area contributed by atoms with E-state index >= 15 is 0 Å². The molecule has 0 unspecified atom stereocenters. The van der Waals surface area contributed by atoms with Gasteiger partial charge in [0.2, 0.25) is 0 Å². The van der Waals surface area contributed by atoms with Crippen molar-refractivity contribution < 1.29 is 4.43 Å². The molecular weight excluding hydrogens is 394 g/mol. The molecule has 3 heteroatoms. The van der Waals surface area contributed by atoms with Crippen molar-refractivity contribution in [2.75, 3.05) is 6.61 Å². The van der Waals surface area contributed by atoms with E-state index in [1.807, 2.05) is 6.07 Å². The van der Waals surface area contributed by atoms with Crippen molar-refractivity contribution in [2.45, 2.75) is 45.2 Å². The maximum Gasteiger partial charge on any atom is 0.261 e. The average Bonchev–Trinajstić information content (AvgIpc) is 2.75. The molecule has 0 radical (unpaired) electrons. The molecule has 0 spiro atoms. The standard InChI is InChI=1S/C28H35NOSi/c1-23(20-25(29)21-24-14-8-5-9-15-24)22-30-31(28(2,3)4,26-16-10-6-11-17-26)27-18-12-7-13-19-27/h5-20,25H,21-22,29H2,1-4H3/b23-20+/t25-/m1/s1. The number of hydrogen-bond donors (Lipinski definition) is 1. The van der Waals surface area contributed by atoms with Crippen LogP contribution in [0.25, 0.3) is 0 Å². The molecule has 0 bridgehead atoms. The molecule has 0 heterocycles. The highest BCUT2D eigenvalue weighted by Crippen LogP contribution is 2.37. The van der Waals surface area contributed by atoms with Crippen molar-refractivity contribution in [3.63, 3.8) is 0 Å². The SMILES string of the molecule is C/C(=C\[C@@H](N)Cc1ccccc1)CO[Si](c1ccccc1)(c1ccccc1)C(C)(C)C. The van der Waals surface area contributed by atoms with Gasteiger partial charge in [0.15, 0.2) is 0 Å². The Hall–Kier alpha value is -2.46. The first-order valence-corrected chi connectivity index (χ1v) is 13.0. The second kappa shape index (κ2) is 10.2. The van der Waals surface area contributed by atoms with E-state index in [1.54, 1.807) is 0 Å².